The van der Waals surface area contributed by atoms with Crippen molar-refractivity contribution in [1.82, 2.24) is 10.9 Å². The van der Waals surface area contributed by atoms with Gasteiger partial charge < -0.3 is 4.74 Å². The molecule has 12 heteroatoms. The van der Waals surface area contributed by atoms with Crippen molar-refractivity contribution in [2.45, 2.75) is 6.18 Å². The Morgan fingerprint density at radius 1 is 0.886 bits per heavy atom. The second kappa shape index (κ2) is 10.5. The smallest absolute Gasteiger partial charge is 0.416 e. The highest BCUT2D eigenvalue weighted by Crippen LogP contribution is 2.32. The summed E-state index contributed by atoms with van der Waals surface area (Å²) < 4.78 is 43.3. The Bertz CT molecular complexity index is 1260. The molecule has 3 aromatic rings. The fourth-order valence-electron chi connectivity index (χ4n) is 2.93. The van der Waals surface area contributed by atoms with Gasteiger partial charge in [-0.15, -0.1) is 0 Å². The molecule has 0 heterocycles. The number of rotatable bonds is 6. The molecule has 2 N–H and O–H groups in total. The molecular weight excluding hydrogens is 471 g/mol. The molecule has 3 rings (SSSR count). The second-order valence-corrected chi connectivity index (χ2v) is 7.00. The number of halogens is 3. The third-order valence-corrected chi connectivity index (χ3v) is 4.66. The number of nitro groups is 1. The highest BCUT2D eigenvalue weighted by atomic mass is 19.4. The van der Waals surface area contributed by atoms with Crippen LogP contribution in [-0.2, 0) is 15.7 Å². The van der Waals surface area contributed by atoms with Crippen LogP contribution in [0.2, 0.25) is 0 Å². The molecule has 0 radical (unpaired) electrons. The first-order valence-corrected chi connectivity index (χ1v) is 9.83. The van der Waals surface area contributed by atoms with Crippen molar-refractivity contribution in [3.05, 3.63) is 99.6 Å². The molecule has 9 nitrogen and oxygen atoms in total. The molecule has 0 spiro atoms. The van der Waals surface area contributed by atoms with Crippen molar-refractivity contribution < 1.29 is 37.2 Å². The maximum Gasteiger partial charge on any atom is 0.416 e. The molecule has 0 unspecified atom stereocenters. The number of non-ortho nitro benzene ring substituents is 1. The average Bonchev–Trinajstić information content (AvgIpc) is 2.85. The lowest BCUT2D eigenvalue weighted by atomic mass is 9.98. The fraction of sp³-hybridized carbons (Fsp3) is 0.0870. The summed E-state index contributed by atoms with van der Waals surface area (Å²) in [5, 5.41) is 10.6. The first kappa shape index (κ1) is 24.9. The van der Waals surface area contributed by atoms with Gasteiger partial charge in [0.15, 0.2) is 6.61 Å². The van der Waals surface area contributed by atoms with Crippen LogP contribution >= 0.6 is 0 Å². The summed E-state index contributed by atoms with van der Waals surface area (Å²) in [7, 11) is 0. The van der Waals surface area contributed by atoms with Crippen LogP contribution in [0, 0.1) is 10.1 Å². The maximum atomic E-state index is 12.8. The number of hydrogen-bond acceptors (Lipinski definition) is 6. The minimum Gasteiger partial charge on any atom is -0.452 e. The summed E-state index contributed by atoms with van der Waals surface area (Å²) >= 11 is 0. The summed E-state index contributed by atoms with van der Waals surface area (Å²) in [4.78, 5) is 46.5. The predicted octanol–water partition coefficient (Wildman–Crippen LogP) is 3.90. The lowest BCUT2D eigenvalue weighted by Crippen LogP contribution is -2.43. The monoisotopic (exact) mass is 487 g/mol. The second-order valence-electron chi connectivity index (χ2n) is 7.00. The molecule has 0 saturated carbocycles. The van der Waals surface area contributed by atoms with Crippen molar-refractivity contribution in [3.8, 4) is 11.1 Å². The first-order chi connectivity index (χ1) is 16.6. The van der Waals surface area contributed by atoms with Crippen molar-refractivity contribution in [3.63, 3.8) is 0 Å². The summed E-state index contributed by atoms with van der Waals surface area (Å²) in [6, 6.07) is 14.9. The van der Waals surface area contributed by atoms with Gasteiger partial charge in [-0.25, -0.2) is 4.79 Å². The van der Waals surface area contributed by atoms with E-state index in [4.69, 9.17) is 4.74 Å². The van der Waals surface area contributed by atoms with Crippen molar-refractivity contribution >= 4 is 23.5 Å². The topological polar surface area (TPSA) is 128 Å². The van der Waals surface area contributed by atoms with Gasteiger partial charge in [0.2, 0.25) is 0 Å². The number of nitrogens with one attached hydrogen (secondary N) is 2. The van der Waals surface area contributed by atoms with Gasteiger partial charge in [-0.1, -0.05) is 30.3 Å². The third-order valence-electron chi connectivity index (χ3n) is 4.66. The molecule has 0 aliphatic heterocycles. The number of esters is 1. The molecule has 3 aromatic carbocycles. The zero-order chi connectivity index (χ0) is 25.6. The van der Waals surface area contributed by atoms with Crippen LogP contribution in [0.5, 0.6) is 0 Å². The van der Waals surface area contributed by atoms with E-state index in [0.717, 1.165) is 24.3 Å². The summed E-state index contributed by atoms with van der Waals surface area (Å²) in [5.74, 6) is -2.54. The van der Waals surface area contributed by atoms with Crippen LogP contribution in [0.15, 0.2) is 72.8 Å². The Morgan fingerprint density at radius 3 is 2.11 bits per heavy atom. The number of nitro benzene ring substituents is 1. The summed E-state index contributed by atoms with van der Waals surface area (Å²) in [5.41, 5.74) is 3.76. The van der Waals surface area contributed by atoms with Gasteiger partial charge in [-0.3, -0.25) is 30.6 Å². The first-order valence-electron chi connectivity index (χ1n) is 9.83. The molecule has 0 fully saturated rings. The van der Waals surface area contributed by atoms with E-state index in [0.29, 0.717) is 11.1 Å². The molecule has 0 bridgehead atoms. The number of hydrogen-bond donors (Lipinski definition) is 2. The molecule has 2 amide bonds. The normalized spacial score (nSPS) is 10.8. The molecule has 0 aliphatic rings. The van der Waals surface area contributed by atoms with E-state index >= 15 is 0 Å². The Labute approximate surface area is 195 Å². The van der Waals surface area contributed by atoms with Crippen molar-refractivity contribution in [1.29, 1.82) is 0 Å². The van der Waals surface area contributed by atoms with Gasteiger partial charge in [0.1, 0.15) is 0 Å². The highest BCUT2D eigenvalue weighted by Gasteiger charge is 2.30. The quantitative estimate of drug-likeness (QED) is 0.308. The van der Waals surface area contributed by atoms with Crippen LogP contribution in [0.1, 0.15) is 26.3 Å². The number of amides is 2. The molecule has 0 saturated heterocycles. The lowest BCUT2D eigenvalue weighted by Gasteiger charge is -2.12. The number of nitrogens with zero attached hydrogens (tertiary/aromatic N) is 1. The molecular formula is C23H16F3N3O6. The van der Waals surface area contributed by atoms with Gasteiger partial charge in [-0.05, 0) is 41.5 Å². The van der Waals surface area contributed by atoms with Crippen LogP contribution in [-0.4, -0.2) is 29.3 Å². The SMILES string of the molecule is O=C(COC(=O)c1ccccc1-c1ccc(C(F)(F)F)cc1)NNC(=O)c1ccc([N+](=O)[O-])cc1. The molecule has 0 atom stereocenters. The molecule has 35 heavy (non-hydrogen) atoms. The van der Waals surface area contributed by atoms with E-state index in [1.54, 1.807) is 6.07 Å². The standard InChI is InChI=1S/C23H16F3N3O6/c24-23(25,26)16-9-5-14(6-10-16)18-3-1-2-4-19(18)22(32)35-13-20(30)27-28-21(31)15-7-11-17(12-8-15)29(33)34/h1-12H,13H2,(H,27,30)(H,28,31). The number of alkyl halides is 3. The van der Waals surface area contributed by atoms with Gasteiger partial charge in [0, 0.05) is 17.7 Å². The van der Waals surface area contributed by atoms with Crippen LogP contribution in [0.25, 0.3) is 11.1 Å². The molecule has 180 valence electrons. The van der Waals surface area contributed by atoms with Crippen molar-refractivity contribution in [2.24, 2.45) is 0 Å². The summed E-state index contributed by atoms with van der Waals surface area (Å²) in [6.07, 6.45) is -4.50. The van der Waals surface area contributed by atoms with Gasteiger partial charge in [0.05, 0.1) is 16.1 Å². The number of carbonyl (C=O) groups excluding carboxylic acids is 3. The largest absolute Gasteiger partial charge is 0.452 e. The Kier molecular flexibility index (Phi) is 7.44. The summed E-state index contributed by atoms with van der Waals surface area (Å²) in [6.45, 7) is -0.763. The number of hydrazine groups is 1. The van der Waals surface area contributed by atoms with Crippen LogP contribution in [0.4, 0.5) is 18.9 Å². The fourth-order valence-corrected chi connectivity index (χ4v) is 2.93. The van der Waals surface area contributed by atoms with E-state index in [9.17, 15) is 37.7 Å². The van der Waals surface area contributed by atoms with Gasteiger partial charge in [-0.2, -0.15) is 13.2 Å². The third kappa shape index (κ3) is 6.41. The molecule has 0 aromatic heterocycles. The van der Waals surface area contributed by atoms with E-state index in [-0.39, 0.29) is 16.8 Å². The van der Waals surface area contributed by atoms with E-state index in [1.807, 2.05) is 5.43 Å². The maximum absolute atomic E-state index is 12.8. The highest BCUT2D eigenvalue weighted by molar-refractivity contribution is 5.99. The van der Waals surface area contributed by atoms with Gasteiger partial charge >= 0.3 is 12.1 Å². The number of benzene rings is 3. The lowest BCUT2D eigenvalue weighted by molar-refractivity contribution is -0.384. The predicted molar refractivity (Wildman–Crippen MR) is 116 cm³/mol. The van der Waals surface area contributed by atoms with Crippen molar-refractivity contribution in [2.75, 3.05) is 6.61 Å². The number of carbonyl (C=O) groups is 3. The van der Waals surface area contributed by atoms with Crippen LogP contribution in [0.3, 0.4) is 0 Å². The Hall–Kier alpha value is -4.74. The minimum absolute atomic E-state index is 0.0231. The van der Waals surface area contributed by atoms with Gasteiger partial charge in [0.25, 0.3) is 17.5 Å². The average molecular weight is 487 g/mol. The Balaban J connectivity index is 1.58. The van der Waals surface area contributed by atoms with Crippen LogP contribution < -0.4 is 10.9 Å². The minimum atomic E-state index is -4.50. The zero-order valence-electron chi connectivity index (χ0n) is 17.7. The molecule has 0 aliphatic carbocycles. The van der Waals surface area contributed by atoms with E-state index in [1.165, 1.54) is 42.5 Å². The Morgan fingerprint density at radius 2 is 1.51 bits per heavy atom. The zero-order valence-corrected chi connectivity index (χ0v) is 17.7. The number of ether oxygens (including phenoxy) is 1. The van der Waals surface area contributed by atoms with E-state index < -0.39 is 41.1 Å². The van der Waals surface area contributed by atoms with E-state index in [2.05, 4.69) is 5.43 Å².